The van der Waals surface area contributed by atoms with Gasteiger partial charge in [0.05, 0.1) is 11.2 Å². The Morgan fingerprint density at radius 2 is 1.70 bits per heavy atom. The first-order valence-corrected chi connectivity index (χ1v) is 6.71. The largest absolute Gasteiger partial charge is 0.494 e. The van der Waals surface area contributed by atoms with Crippen molar-refractivity contribution in [2.24, 2.45) is 0 Å². The molecule has 1 fully saturated rings. The lowest BCUT2D eigenvalue weighted by molar-refractivity contribution is 0.00578. The number of hydrogen-bond donors (Lipinski definition) is 0. The molecule has 4 nitrogen and oxygen atoms in total. The fourth-order valence-corrected chi connectivity index (χ4v) is 2.29. The maximum Gasteiger partial charge on any atom is 0.494 e. The van der Waals surface area contributed by atoms with Crippen molar-refractivity contribution in [1.29, 1.82) is 0 Å². The third-order valence-electron chi connectivity index (χ3n) is 4.28. The van der Waals surface area contributed by atoms with Crippen LogP contribution in [0.3, 0.4) is 0 Å². The molecule has 1 aliphatic rings. The Hall–Kier alpha value is -1.59. The van der Waals surface area contributed by atoms with Crippen LogP contribution in [0.1, 0.15) is 27.7 Å². The Bertz CT molecular complexity index is 653. The summed E-state index contributed by atoms with van der Waals surface area (Å²) in [5, 5.41) is 13.1. The quantitative estimate of drug-likeness (QED) is 0.748. The first-order chi connectivity index (χ1) is 9.30. The van der Waals surface area contributed by atoms with Crippen LogP contribution in [0.25, 0.3) is 10.8 Å². The molecule has 1 saturated heterocycles. The second-order valence-corrected chi connectivity index (χ2v) is 6.18. The van der Waals surface area contributed by atoms with Gasteiger partial charge in [-0.15, -0.1) is 0 Å². The van der Waals surface area contributed by atoms with E-state index in [-0.39, 0.29) is 17.1 Å². The van der Waals surface area contributed by atoms with E-state index >= 15 is 0 Å². The van der Waals surface area contributed by atoms with Crippen LogP contribution in [0.2, 0.25) is 0 Å². The number of rotatable bonds is 1. The summed E-state index contributed by atoms with van der Waals surface area (Å²) in [6, 6.07) is 7.41. The van der Waals surface area contributed by atoms with Crippen molar-refractivity contribution in [3.05, 3.63) is 30.5 Å². The molecule has 0 bridgehead atoms. The molecule has 0 aliphatic carbocycles. The fourth-order valence-electron chi connectivity index (χ4n) is 2.29. The predicted molar refractivity (Wildman–Crippen MR) is 77.6 cm³/mol. The molecule has 0 spiro atoms. The Morgan fingerprint density at radius 3 is 2.35 bits per heavy atom. The Labute approximate surface area is 118 Å². The molecular formula is C15H17BNO3. The van der Waals surface area contributed by atoms with E-state index in [1.165, 1.54) is 6.20 Å². The number of fused-ring (bicyclic) bond motifs is 1. The number of aromatic nitrogens is 1. The lowest BCUT2D eigenvalue weighted by atomic mass is 9.78. The van der Waals surface area contributed by atoms with Gasteiger partial charge in [-0.3, -0.25) is 5.11 Å². The Morgan fingerprint density at radius 1 is 1.05 bits per heavy atom. The molecule has 0 amide bonds. The number of pyridine rings is 1. The van der Waals surface area contributed by atoms with Gasteiger partial charge in [-0.25, -0.2) is 4.98 Å². The molecule has 3 rings (SSSR count). The van der Waals surface area contributed by atoms with Gasteiger partial charge in [0.2, 0.25) is 0 Å². The topological polar surface area (TPSA) is 51.2 Å². The van der Waals surface area contributed by atoms with E-state index < -0.39 is 7.12 Å². The lowest BCUT2D eigenvalue weighted by Crippen LogP contribution is -2.41. The minimum Gasteiger partial charge on any atom is -0.399 e. The zero-order valence-electron chi connectivity index (χ0n) is 12.1. The van der Waals surface area contributed by atoms with E-state index in [4.69, 9.17) is 9.31 Å². The van der Waals surface area contributed by atoms with Gasteiger partial charge in [0, 0.05) is 11.6 Å². The van der Waals surface area contributed by atoms with Crippen LogP contribution >= 0.6 is 0 Å². The average Bonchev–Trinajstić information content (AvgIpc) is 2.58. The first-order valence-electron chi connectivity index (χ1n) is 6.71. The highest BCUT2D eigenvalue weighted by Crippen LogP contribution is 2.36. The first kappa shape index (κ1) is 13.4. The Kier molecular flexibility index (Phi) is 2.82. The van der Waals surface area contributed by atoms with Crippen molar-refractivity contribution in [1.82, 2.24) is 4.98 Å². The van der Waals surface area contributed by atoms with Crippen LogP contribution in [-0.2, 0) is 14.4 Å². The van der Waals surface area contributed by atoms with E-state index in [1.54, 1.807) is 6.07 Å². The summed E-state index contributed by atoms with van der Waals surface area (Å²) >= 11 is 0. The van der Waals surface area contributed by atoms with Crippen molar-refractivity contribution in [3.63, 3.8) is 0 Å². The average molecular weight is 270 g/mol. The summed E-state index contributed by atoms with van der Waals surface area (Å²) in [6.07, 6.45) is 1.53. The second kappa shape index (κ2) is 4.20. The van der Waals surface area contributed by atoms with E-state index in [1.807, 2.05) is 45.9 Å². The summed E-state index contributed by atoms with van der Waals surface area (Å²) in [6.45, 7) is 8.09. The summed E-state index contributed by atoms with van der Waals surface area (Å²) in [5.41, 5.74) is 0.185. The zero-order chi connectivity index (χ0) is 14.5. The van der Waals surface area contributed by atoms with Crippen molar-refractivity contribution < 1.29 is 14.4 Å². The molecule has 2 heterocycles. The SMILES string of the molecule is CC1(C)OB(c2ccc3c([O])nccc3c2)OC1(C)C. The van der Waals surface area contributed by atoms with E-state index in [0.717, 1.165) is 10.8 Å². The van der Waals surface area contributed by atoms with Gasteiger partial charge in [0.25, 0.3) is 5.88 Å². The normalized spacial score (nSPS) is 20.5. The number of nitrogens with zero attached hydrogens (tertiary/aromatic N) is 1. The van der Waals surface area contributed by atoms with Crippen molar-refractivity contribution >= 4 is 23.4 Å². The van der Waals surface area contributed by atoms with Gasteiger partial charge in [-0.1, -0.05) is 12.1 Å². The molecule has 1 aliphatic heterocycles. The van der Waals surface area contributed by atoms with Gasteiger partial charge in [0.1, 0.15) is 0 Å². The minimum atomic E-state index is -0.410. The van der Waals surface area contributed by atoms with Crippen LogP contribution in [0.4, 0.5) is 0 Å². The molecule has 5 heteroatoms. The molecule has 1 radical (unpaired) electrons. The monoisotopic (exact) mass is 270 g/mol. The lowest BCUT2D eigenvalue weighted by Gasteiger charge is -2.32. The molecule has 1 aromatic carbocycles. The fraction of sp³-hybridized carbons (Fsp3) is 0.400. The molecule has 1 aromatic heterocycles. The zero-order valence-corrected chi connectivity index (χ0v) is 12.1. The highest BCUT2D eigenvalue weighted by Gasteiger charge is 2.51. The molecule has 103 valence electrons. The van der Waals surface area contributed by atoms with Crippen LogP contribution in [-0.4, -0.2) is 23.3 Å². The van der Waals surface area contributed by atoms with Crippen molar-refractivity contribution in [2.45, 2.75) is 38.9 Å². The summed E-state index contributed by atoms with van der Waals surface area (Å²) in [5.74, 6) is -0.206. The van der Waals surface area contributed by atoms with Crippen LogP contribution in [0, 0.1) is 0 Å². The van der Waals surface area contributed by atoms with Crippen LogP contribution in [0.15, 0.2) is 30.5 Å². The number of benzene rings is 1. The highest BCUT2D eigenvalue weighted by atomic mass is 16.7. The Balaban J connectivity index is 2.00. The maximum absolute atomic E-state index is 11.6. The van der Waals surface area contributed by atoms with Crippen LogP contribution in [0.5, 0.6) is 5.88 Å². The maximum atomic E-state index is 11.6. The van der Waals surface area contributed by atoms with E-state index in [0.29, 0.717) is 5.39 Å². The van der Waals surface area contributed by atoms with Crippen molar-refractivity contribution in [2.75, 3.05) is 0 Å². The van der Waals surface area contributed by atoms with Gasteiger partial charge in [-0.2, -0.15) is 0 Å². The molecule has 0 N–H and O–H groups in total. The third-order valence-corrected chi connectivity index (χ3v) is 4.28. The molecule has 2 aromatic rings. The van der Waals surface area contributed by atoms with Gasteiger partial charge in [-0.05, 0) is 50.7 Å². The molecule has 20 heavy (non-hydrogen) atoms. The smallest absolute Gasteiger partial charge is 0.399 e. The summed E-state index contributed by atoms with van der Waals surface area (Å²) < 4.78 is 12.0. The minimum absolute atomic E-state index is 0.206. The molecule has 0 saturated carbocycles. The van der Waals surface area contributed by atoms with Gasteiger partial charge < -0.3 is 9.31 Å². The predicted octanol–water partition coefficient (Wildman–Crippen LogP) is 2.68. The van der Waals surface area contributed by atoms with Gasteiger partial charge >= 0.3 is 7.12 Å². The van der Waals surface area contributed by atoms with E-state index in [2.05, 4.69) is 4.98 Å². The summed E-state index contributed by atoms with van der Waals surface area (Å²) in [4.78, 5) is 3.76. The van der Waals surface area contributed by atoms with E-state index in [9.17, 15) is 5.11 Å². The van der Waals surface area contributed by atoms with Crippen LogP contribution < -0.4 is 5.46 Å². The molecule has 0 atom stereocenters. The van der Waals surface area contributed by atoms with Gasteiger partial charge in [0.15, 0.2) is 0 Å². The molecular weight excluding hydrogens is 253 g/mol. The third kappa shape index (κ3) is 1.98. The standard InChI is InChI=1S/C15H17BNO3/c1-14(2)15(3,4)20-16(19-14)11-5-6-12-10(9-11)7-8-17-13(12)18/h5-9H,1-4H3. The summed E-state index contributed by atoms with van der Waals surface area (Å²) in [7, 11) is -0.410. The van der Waals surface area contributed by atoms with Crippen molar-refractivity contribution in [3.8, 4) is 5.88 Å². The number of hydrogen-bond acceptors (Lipinski definition) is 3. The second-order valence-electron chi connectivity index (χ2n) is 6.18. The molecule has 0 unspecified atom stereocenters. The highest BCUT2D eigenvalue weighted by molar-refractivity contribution is 6.62.